The number of alkyl halides is 3. The molecule has 0 bridgehead atoms. The third kappa shape index (κ3) is 8.58. The maximum Gasteiger partial charge on any atom is 0.416 e. The highest BCUT2D eigenvalue weighted by Crippen LogP contribution is 2.34. The molecule has 0 radical (unpaired) electrons. The Balaban J connectivity index is 1.40. The van der Waals surface area contributed by atoms with Crippen LogP contribution in [0.3, 0.4) is 0 Å². The summed E-state index contributed by atoms with van der Waals surface area (Å²) in [5, 5.41) is 12.1. The van der Waals surface area contributed by atoms with Crippen LogP contribution in [0.1, 0.15) is 61.8 Å². The summed E-state index contributed by atoms with van der Waals surface area (Å²) in [6.45, 7) is 4.28. The van der Waals surface area contributed by atoms with Gasteiger partial charge in [0.25, 0.3) is 5.91 Å². The number of benzene rings is 2. The molecule has 260 valence electrons. The average Bonchev–Trinajstić information content (AvgIpc) is 3.30. The van der Waals surface area contributed by atoms with Gasteiger partial charge in [-0.05, 0) is 61.6 Å². The summed E-state index contributed by atoms with van der Waals surface area (Å²) in [6, 6.07) is 8.47. The molecule has 1 spiro atoms. The maximum atomic E-state index is 13.3. The Labute approximate surface area is 276 Å². The molecule has 48 heavy (non-hydrogen) atoms. The lowest BCUT2D eigenvalue weighted by molar-refractivity contribution is -0.141. The van der Waals surface area contributed by atoms with Crippen LogP contribution in [0.2, 0.25) is 0 Å². The quantitative estimate of drug-likeness (QED) is 0.320. The number of hydrogen-bond acceptors (Lipinski definition) is 8. The average molecular weight is 695 g/mol. The smallest absolute Gasteiger partial charge is 0.416 e. The second-order valence-electron chi connectivity index (χ2n) is 11.9. The summed E-state index contributed by atoms with van der Waals surface area (Å²) in [4.78, 5) is 54.1. The van der Waals surface area contributed by atoms with Crippen molar-refractivity contribution in [3.63, 3.8) is 0 Å². The number of esters is 1. The number of rotatable bonds is 12. The number of anilines is 1. The van der Waals surface area contributed by atoms with E-state index in [9.17, 15) is 45.9 Å². The molecule has 1 saturated heterocycles. The fraction of sp³-hybridized carbons (Fsp3) is 0.469. The molecule has 0 unspecified atom stereocenters. The van der Waals surface area contributed by atoms with E-state index in [0.717, 1.165) is 12.1 Å². The van der Waals surface area contributed by atoms with Crippen molar-refractivity contribution in [2.24, 2.45) is 4.99 Å². The van der Waals surface area contributed by atoms with Gasteiger partial charge >= 0.3 is 18.1 Å². The summed E-state index contributed by atoms with van der Waals surface area (Å²) in [7, 11) is -3.76. The van der Waals surface area contributed by atoms with Gasteiger partial charge in [-0.1, -0.05) is 18.2 Å². The van der Waals surface area contributed by atoms with Crippen molar-refractivity contribution < 1.29 is 50.6 Å². The van der Waals surface area contributed by atoms with Crippen molar-refractivity contribution in [3.8, 4) is 0 Å². The van der Waals surface area contributed by atoms with E-state index in [-0.39, 0.29) is 63.4 Å². The minimum absolute atomic E-state index is 0.0311. The lowest BCUT2D eigenvalue weighted by atomic mass is 9.89. The van der Waals surface area contributed by atoms with E-state index in [1.165, 1.54) is 35.2 Å². The van der Waals surface area contributed by atoms with Crippen LogP contribution < -0.4 is 10.2 Å². The van der Waals surface area contributed by atoms with Gasteiger partial charge in [-0.3, -0.25) is 24.2 Å². The highest BCUT2D eigenvalue weighted by molar-refractivity contribution is 7.89. The van der Waals surface area contributed by atoms with E-state index in [2.05, 4.69) is 10.3 Å². The van der Waals surface area contributed by atoms with Crippen molar-refractivity contribution in [1.82, 2.24) is 9.62 Å². The first kappa shape index (κ1) is 36.5. The van der Waals surface area contributed by atoms with Gasteiger partial charge in [0.1, 0.15) is 11.4 Å². The first-order valence-electron chi connectivity index (χ1n) is 15.2. The first-order chi connectivity index (χ1) is 22.4. The molecule has 1 fully saturated rings. The van der Waals surface area contributed by atoms with Crippen LogP contribution in [0.25, 0.3) is 0 Å². The van der Waals surface area contributed by atoms with E-state index >= 15 is 0 Å². The zero-order valence-electron chi connectivity index (χ0n) is 26.7. The number of aliphatic carboxylic acids is 1. The predicted molar refractivity (Wildman–Crippen MR) is 169 cm³/mol. The second kappa shape index (κ2) is 14.4. The van der Waals surface area contributed by atoms with Crippen molar-refractivity contribution in [1.29, 1.82) is 0 Å². The minimum Gasteiger partial charge on any atom is -0.481 e. The summed E-state index contributed by atoms with van der Waals surface area (Å²) >= 11 is 0. The van der Waals surface area contributed by atoms with Crippen LogP contribution in [-0.2, 0) is 46.5 Å². The fourth-order valence-electron chi connectivity index (χ4n) is 5.93. The van der Waals surface area contributed by atoms with Crippen LogP contribution in [0.5, 0.6) is 0 Å². The van der Waals surface area contributed by atoms with Gasteiger partial charge in [-0.25, -0.2) is 12.7 Å². The molecule has 2 amide bonds. The Bertz CT molecular complexity index is 1700. The lowest BCUT2D eigenvalue weighted by Crippen LogP contribution is -2.50. The van der Waals surface area contributed by atoms with E-state index < -0.39 is 57.1 Å². The predicted octanol–water partition coefficient (Wildman–Crippen LogP) is 3.45. The largest absolute Gasteiger partial charge is 0.481 e. The van der Waals surface area contributed by atoms with E-state index in [1.54, 1.807) is 25.1 Å². The maximum absolute atomic E-state index is 13.3. The Morgan fingerprint density at radius 1 is 1.10 bits per heavy atom. The number of amidine groups is 1. The van der Waals surface area contributed by atoms with Crippen molar-refractivity contribution >= 4 is 45.3 Å². The van der Waals surface area contributed by atoms with E-state index in [1.807, 2.05) is 0 Å². The summed E-state index contributed by atoms with van der Waals surface area (Å²) in [5.41, 5.74) is 0.0910. The Morgan fingerprint density at radius 3 is 2.29 bits per heavy atom. The topological polar surface area (TPSA) is 163 Å². The van der Waals surface area contributed by atoms with Gasteiger partial charge in [0, 0.05) is 44.6 Å². The summed E-state index contributed by atoms with van der Waals surface area (Å²) in [5.74, 6) is -2.58. The number of hydrogen-bond donors (Lipinski definition) is 2. The van der Waals surface area contributed by atoms with Gasteiger partial charge in [0.2, 0.25) is 15.9 Å². The van der Waals surface area contributed by atoms with Gasteiger partial charge in [-0.2, -0.15) is 13.2 Å². The lowest BCUT2D eigenvalue weighted by Gasteiger charge is -2.34. The standard InChI is InChI=1S/C32H37F3N4O8S/c1-20-18-26(39(21(2)40)27(19-28(42)43)10-16-47-22(3)41)9-6-23(20)11-17-48(45,46)38-14-12-31(13-15-38)30(44)36-29(37-31)24-4-7-25(8-5-24)32(33,34)35/h4-9,18,27H,10-17,19H2,1-3H3,(H,42,43)(H,36,37,44)/t27-/m0/s1. The van der Waals surface area contributed by atoms with Gasteiger partial charge < -0.3 is 20.1 Å². The third-order valence-corrected chi connectivity index (χ3v) is 10.4. The van der Waals surface area contributed by atoms with Crippen LogP contribution in [0.15, 0.2) is 47.5 Å². The van der Waals surface area contributed by atoms with Crippen LogP contribution in [0.4, 0.5) is 18.9 Å². The van der Waals surface area contributed by atoms with Crippen molar-refractivity contribution in [2.45, 2.75) is 70.6 Å². The SMILES string of the molecule is CC(=O)OCC[C@@H](CC(=O)O)N(C(C)=O)c1ccc(CCS(=O)(=O)N2CCC3(CC2)N=C(c2ccc(C(F)(F)F)cc2)NC3=O)c(C)c1. The number of carboxylic acids is 1. The molecule has 4 rings (SSSR count). The zero-order valence-corrected chi connectivity index (χ0v) is 27.5. The molecule has 2 aliphatic rings. The summed E-state index contributed by atoms with van der Waals surface area (Å²) < 4.78 is 71.7. The molecular formula is C32H37F3N4O8S. The number of amides is 2. The minimum atomic E-state index is -4.50. The number of aryl methyl sites for hydroxylation is 2. The Hall–Kier alpha value is -4.31. The van der Waals surface area contributed by atoms with Gasteiger partial charge in [-0.15, -0.1) is 0 Å². The summed E-state index contributed by atoms with van der Waals surface area (Å²) in [6.07, 6.45) is -4.42. The number of piperidine rings is 1. The molecular weight excluding hydrogens is 657 g/mol. The molecule has 0 saturated carbocycles. The van der Waals surface area contributed by atoms with E-state index in [4.69, 9.17) is 4.74 Å². The number of halogens is 3. The highest BCUT2D eigenvalue weighted by Gasteiger charge is 2.47. The van der Waals surface area contributed by atoms with Crippen molar-refractivity contribution in [3.05, 3.63) is 64.7 Å². The number of sulfonamides is 1. The van der Waals surface area contributed by atoms with Gasteiger partial charge in [0.15, 0.2) is 0 Å². The number of carbonyl (C=O) groups is 4. The fourth-order valence-corrected chi connectivity index (χ4v) is 7.41. The Morgan fingerprint density at radius 2 is 1.75 bits per heavy atom. The number of aliphatic imine (C=N–C) groups is 1. The van der Waals surface area contributed by atoms with E-state index in [0.29, 0.717) is 22.4 Å². The molecule has 2 aromatic rings. The Kier molecular flexibility index (Phi) is 11.0. The van der Waals surface area contributed by atoms with Crippen LogP contribution in [-0.4, -0.2) is 84.4 Å². The molecule has 2 aliphatic heterocycles. The number of ether oxygens (including phenoxy) is 1. The molecule has 0 aliphatic carbocycles. The molecule has 0 aromatic heterocycles. The molecule has 2 heterocycles. The third-order valence-electron chi connectivity index (χ3n) is 8.51. The molecule has 2 N–H and O–H groups in total. The molecule has 12 nitrogen and oxygen atoms in total. The van der Waals surface area contributed by atoms with Crippen molar-refractivity contribution in [2.75, 3.05) is 30.3 Å². The monoisotopic (exact) mass is 694 g/mol. The number of nitrogens with one attached hydrogen (secondary N) is 1. The second-order valence-corrected chi connectivity index (χ2v) is 14.0. The molecule has 2 aromatic carbocycles. The number of carbonyl (C=O) groups excluding carboxylic acids is 3. The van der Waals surface area contributed by atoms with Crippen LogP contribution in [0, 0.1) is 6.92 Å². The zero-order chi connectivity index (χ0) is 35.4. The highest BCUT2D eigenvalue weighted by atomic mass is 32.2. The molecule has 1 atom stereocenters. The van der Waals surface area contributed by atoms with Gasteiger partial charge in [0.05, 0.1) is 30.4 Å². The van der Waals surface area contributed by atoms with Crippen LogP contribution >= 0.6 is 0 Å². The number of nitrogens with zero attached hydrogens (tertiary/aromatic N) is 3. The number of carboxylic acid groups (broad SMARTS) is 1. The molecule has 16 heteroatoms. The first-order valence-corrected chi connectivity index (χ1v) is 16.8. The normalized spacial score (nSPS) is 17.0.